The molecule has 43 heavy (non-hydrogen) atoms. The minimum absolute atomic E-state index is 0.114. The fourth-order valence-electron chi connectivity index (χ4n) is 6.39. The Morgan fingerprint density at radius 3 is 2.44 bits per heavy atom. The van der Waals surface area contributed by atoms with Gasteiger partial charge in [0, 0.05) is 37.0 Å². The predicted octanol–water partition coefficient (Wildman–Crippen LogP) is 7.73. The van der Waals surface area contributed by atoms with Crippen molar-refractivity contribution >= 4 is 27.4 Å². The minimum atomic E-state index is -3.97. The van der Waals surface area contributed by atoms with E-state index in [1.807, 2.05) is 30.3 Å². The molecule has 0 amide bonds. The fraction of sp³-hybridized carbons (Fsp3) is 0.441. The van der Waals surface area contributed by atoms with Gasteiger partial charge in [0.1, 0.15) is 16.5 Å². The number of nitrogens with zero attached hydrogens (tertiary/aromatic N) is 2. The molecule has 1 saturated carbocycles. The van der Waals surface area contributed by atoms with Crippen molar-refractivity contribution in [2.45, 2.75) is 69.7 Å². The average Bonchev–Trinajstić information content (AvgIpc) is 3.08. The number of carboxylic acid groups (broad SMARTS) is 1. The van der Waals surface area contributed by atoms with Crippen LogP contribution in [0.15, 0.2) is 65.6 Å². The van der Waals surface area contributed by atoms with Crippen LogP contribution in [-0.2, 0) is 10.0 Å². The van der Waals surface area contributed by atoms with E-state index >= 15 is 0 Å². The molecule has 3 aromatic rings. The quantitative estimate of drug-likeness (QED) is 0.250. The lowest BCUT2D eigenvalue weighted by Gasteiger charge is -2.36. The first kappa shape index (κ1) is 31.0. The number of anilines is 2. The Morgan fingerprint density at radius 1 is 1.05 bits per heavy atom. The van der Waals surface area contributed by atoms with Crippen LogP contribution < -0.4 is 9.64 Å². The Morgan fingerprint density at radius 2 is 1.77 bits per heavy atom. The van der Waals surface area contributed by atoms with Gasteiger partial charge < -0.3 is 14.7 Å². The van der Waals surface area contributed by atoms with E-state index in [1.165, 1.54) is 22.9 Å². The molecule has 9 heteroatoms. The lowest BCUT2D eigenvalue weighted by Crippen LogP contribution is -2.46. The second kappa shape index (κ2) is 13.1. The van der Waals surface area contributed by atoms with Crippen molar-refractivity contribution in [2.24, 2.45) is 11.8 Å². The van der Waals surface area contributed by atoms with Crippen molar-refractivity contribution in [3.8, 4) is 16.9 Å². The third kappa shape index (κ3) is 6.58. The summed E-state index contributed by atoms with van der Waals surface area (Å²) in [5.41, 5.74) is 1.69. The van der Waals surface area contributed by atoms with E-state index < -0.39 is 27.4 Å². The number of aromatic carboxylic acids is 1. The van der Waals surface area contributed by atoms with Crippen LogP contribution in [0.1, 0.15) is 69.2 Å². The topological polar surface area (TPSA) is 87.1 Å². The van der Waals surface area contributed by atoms with E-state index in [0.29, 0.717) is 41.6 Å². The highest BCUT2D eigenvalue weighted by Gasteiger charge is 2.41. The lowest BCUT2D eigenvalue weighted by atomic mass is 9.83. The first-order chi connectivity index (χ1) is 20.6. The SMILES string of the molecule is CC(C)CCCOc1cc2c(cc1-c1ccc(F)c(C(=O)O)c1)S(=O)(=O)N(C)[C@H](C1CCCCC1)CN2c1ccccc1. The smallest absolute Gasteiger partial charge is 0.338 e. The monoisotopic (exact) mass is 608 g/mol. The summed E-state index contributed by atoms with van der Waals surface area (Å²) in [6.07, 6.45) is 7.05. The first-order valence-electron chi connectivity index (χ1n) is 15.2. The molecule has 0 spiro atoms. The zero-order valence-electron chi connectivity index (χ0n) is 25.1. The zero-order valence-corrected chi connectivity index (χ0v) is 25.9. The van der Waals surface area contributed by atoms with Crippen LogP contribution in [-0.4, -0.2) is 50.0 Å². The van der Waals surface area contributed by atoms with Crippen molar-refractivity contribution in [2.75, 3.05) is 25.1 Å². The summed E-state index contributed by atoms with van der Waals surface area (Å²) < 4.78 is 51.1. The Balaban J connectivity index is 1.71. The third-order valence-electron chi connectivity index (χ3n) is 8.80. The first-order valence-corrected chi connectivity index (χ1v) is 16.7. The van der Waals surface area contributed by atoms with E-state index in [4.69, 9.17) is 4.74 Å². The highest BCUT2D eigenvalue weighted by Crippen LogP contribution is 2.45. The largest absolute Gasteiger partial charge is 0.493 e. The Hall–Kier alpha value is -3.43. The van der Waals surface area contributed by atoms with Gasteiger partial charge in [0.2, 0.25) is 10.0 Å². The van der Waals surface area contributed by atoms with Crippen molar-refractivity contribution in [1.29, 1.82) is 0 Å². The molecule has 1 aliphatic heterocycles. The molecule has 1 atom stereocenters. The van der Waals surface area contributed by atoms with Crippen LogP contribution in [0.3, 0.4) is 0 Å². The maximum absolute atomic E-state index is 14.4. The van der Waals surface area contributed by atoms with Crippen LogP contribution in [0.4, 0.5) is 15.8 Å². The molecule has 5 rings (SSSR count). The second-order valence-corrected chi connectivity index (χ2v) is 14.1. The molecule has 7 nitrogen and oxygen atoms in total. The van der Waals surface area contributed by atoms with E-state index in [1.54, 1.807) is 19.2 Å². The van der Waals surface area contributed by atoms with Gasteiger partial charge >= 0.3 is 5.97 Å². The standard InChI is InChI=1S/C34H41FN2O5S/c1-23(2)11-10-18-42-32-21-30-33(20-27(32)25-16-17-29(35)28(19-25)34(38)39)43(40,41)36(3)31(24-12-6-4-7-13-24)22-37(30)26-14-8-5-9-15-26/h5,8-9,14-17,19-21,23-24,31H,4,6-7,10-13,18,22H2,1-3H3,(H,38,39)/t31-/m0/s1. The van der Waals surface area contributed by atoms with E-state index in [0.717, 1.165) is 50.3 Å². The van der Waals surface area contributed by atoms with Crippen molar-refractivity contribution in [3.63, 3.8) is 0 Å². The number of hydrogen-bond acceptors (Lipinski definition) is 5. The molecule has 0 saturated heterocycles. The summed E-state index contributed by atoms with van der Waals surface area (Å²) in [5, 5.41) is 9.61. The summed E-state index contributed by atoms with van der Waals surface area (Å²) in [5.74, 6) is -1.10. The van der Waals surface area contributed by atoms with E-state index in [2.05, 4.69) is 18.7 Å². The van der Waals surface area contributed by atoms with Crippen LogP contribution in [0.5, 0.6) is 5.75 Å². The molecule has 1 N–H and O–H groups in total. The molecule has 1 fully saturated rings. The molecule has 0 bridgehead atoms. The van der Waals surface area contributed by atoms with Gasteiger partial charge in [-0.15, -0.1) is 0 Å². The maximum Gasteiger partial charge on any atom is 0.338 e. The summed E-state index contributed by atoms with van der Waals surface area (Å²) in [6.45, 7) is 5.17. The number of hydrogen-bond donors (Lipinski definition) is 1. The maximum atomic E-state index is 14.4. The Bertz CT molecular complexity index is 1550. The molecule has 0 radical (unpaired) electrons. The molecule has 1 aliphatic carbocycles. The number of likely N-dealkylation sites (N-methyl/N-ethyl adjacent to an activating group) is 1. The number of sulfonamides is 1. The molecule has 0 aromatic heterocycles. The van der Waals surface area contributed by atoms with Crippen LogP contribution >= 0.6 is 0 Å². The summed E-state index contributed by atoms with van der Waals surface area (Å²) in [4.78, 5) is 14.0. The van der Waals surface area contributed by atoms with Gasteiger partial charge in [0.15, 0.2) is 0 Å². The van der Waals surface area contributed by atoms with E-state index in [-0.39, 0.29) is 16.9 Å². The number of carboxylic acids is 1. The number of halogens is 1. The minimum Gasteiger partial charge on any atom is -0.493 e. The summed E-state index contributed by atoms with van der Waals surface area (Å²) >= 11 is 0. The number of fused-ring (bicyclic) bond motifs is 1. The second-order valence-electron chi connectivity index (χ2n) is 12.1. The summed E-state index contributed by atoms with van der Waals surface area (Å²) in [7, 11) is -2.30. The molecular formula is C34H41FN2O5S. The Labute approximate surface area is 254 Å². The number of benzene rings is 3. The van der Waals surface area contributed by atoms with Gasteiger partial charge in [-0.05, 0) is 73.4 Å². The van der Waals surface area contributed by atoms with Crippen molar-refractivity contribution in [3.05, 3.63) is 72.0 Å². The third-order valence-corrected chi connectivity index (χ3v) is 10.7. The van der Waals surface area contributed by atoms with Crippen molar-refractivity contribution in [1.82, 2.24) is 4.31 Å². The highest BCUT2D eigenvalue weighted by molar-refractivity contribution is 7.89. The van der Waals surface area contributed by atoms with Gasteiger partial charge in [-0.25, -0.2) is 17.6 Å². The van der Waals surface area contributed by atoms with Crippen LogP contribution in [0, 0.1) is 17.7 Å². The van der Waals surface area contributed by atoms with Gasteiger partial charge in [0.25, 0.3) is 0 Å². The fourth-order valence-corrected chi connectivity index (χ4v) is 8.00. The van der Waals surface area contributed by atoms with Gasteiger partial charge in [-0.1, -0.05) is 57.4 Å². The molecule has 2 aliphatic rings. The van der Waals surface area contributed by atoms with Crippen LogP contribution in [0.25, 0.3) is 11.1 Å². The molecule has 230 valence electrons. The number of ether oxygens (including phenoxy) is 1. The Kier molecular flexibility index (Phi) is 9.42. The molecule has 1 heterocycles. The van der Waals surface area contributed by atoms with Gasteiger partial charge in [-0.2, -0.15) is 4.31 Å². The van der Waals surface area contributed by atoms with Crippen molar-refractivity contribution < 1.29 is 27.4 Å². The number of para-hydroxylation sites is 1. The highest BCUT2D eigenvalue weighted by atomic mass is 32.2. The number of rotatable bonds is 9. The van der Waals surface area contributed by atoms with Gasteiger partial charge in [-0.3, -0.25) is 0 Å². The zero-order chi connectivity index (χ0) is 30.7. The van der Waals surface area contributed by atoms with Crippen LogP contribution in [0.2, 0.25) is 0 Å². The van der Waals surface area contributed by atoms with E-state index in [9.17, 15) is 22.7 Å². The predicted molar refractivity (Wildman–Crippen MR) is 167 cm³/mol. The molecule has 0 unspecified atom stereocenters. The number of carbonyl (C=O) groups is 1. The van der Waals surface area contributed by atoms with Gasteiger partial charge in [0.05, 0.1) is 17.9 Å². The summed E-state index contributed by atoms with van der Waals surface area (Å²) in [6, 6.07) is 16.7. The normalized spacial score (nSPS) is 19.2. The average molecular weight is 609 g/mol. The molecule has 3 aromatic carbocycles. The lowest BCUT2D eigenvalue weighted by molar-refractivity contribution is 0.0692. The molecular weight excluding hydrogens is 567 g/mol.